The molecule has 0 radical (unpaired) electrons. The molecule has 0 saturated carbocycles. The Hall–Kier alpha value is -1.55. The van der Waals surface area contributed by atoms with E-state index in [4.69, 9.17) is 14.6 Å². The fourth-order valence-electron chi connectivity index (χ4n) is 1.60. The zero-order chi connectivity index (χ0) is 18.5. The molecule has 1 aromatic rings. The fraction of sp³-hybridized carbons (Fsp3) is 0.733. The summed E-state index contributed by atoms with van der Waals surface area (Å²) in [5, 5.41) is 7.84. The second kappa shape index (κ2) is 12.8. The van der Waals surface area contributed by atoms with Gasteiger partial charge in [0.25, 0.3) is 5.56 Å². The highest BCUT2D eigenvalue weighted by molar-refractivity contribution is 4.90. The number of hydrogen-bond donors (Lipinski definition) is 1. The lowest BCUT2D eigenvalue weighted by atomic mass is 10.3. The topological polar surface area (TPSA) is 91.9 Å². The van der Waals surface area contributed by atoms with Gasteiger partial charge in [0.05, 0.1) is 12.3 Å². The predicted molar refractivity (Wildman–Crippen MR) is 86.3 cm³/mol. The summed E-state index contributed by atoms with van der Waals surface area (Å²) in [6.07, 6.45) is 1.42. The summed E-state index contributed by atoms with van der Waals surface area (Å²) in [5.41, 5.74) is -1.54. The number of nitrogens with zero attached hydrogens (tertiary/aromatic N) is 2. The van der Waals surface area contributed by atoms with Gasteiger partial charge in [-0.05, 0) is 27.2 Å². The first-order chi connectivity index (χ1) is 11.4. The van der Waals surface area contributed by atoms with Crippen molar-refractivity contribution in [3.05, 3.63) is 32.9 Å². The van der Waals surface area contributed by atoms with E-state index in [1.54, 1.807) is 14.0 Å². The number of hydrogen-bond acceptors (Lipinski definition) is 6. The zero-order valence-corrected chi connectivity index (χ0v) is 14.7. The summed E-state index contributed by atoms with van der Waals surface area (Å²) in [7, 11) is 1.56. The Morgan fingerprint density at radius 2 is 1.88 bits per heavy atom. The molecular weight excluding hydrogens is 323 g/mol. The Bertz CT molecular complexity index is 570. The van der Waals surface area contributed by atoms with E-state index < -0.39 is 17.1 Å². The van der Waals surface area contributed by atoms with Gasteiger partial charge < -0.3 is 19.3 Å². The first kappa shape index (κ1) is 22.4. The molecule has 0 aromatic carbocycles. The number of methoxy groups -OCH3 is 1. The molecule has 1 rings (SSSR count). The van der Waals surface area contributed by atoms with Crippen LogP contribution in [0.2, 0.25) is 0 Å². The summed E-state index contributed by atoms with van der Waals surface area (Å²) in [4.78, 5) is 23.5. The third-order valence-corrected chi connectivity index (χ3v) is 3.09. The average molecular weight is 350 g/mol. The largest absolute Gasteiger partial charge is 0.382 e. The molecule has 0 bridgehead atoms. The lowest BCUT2D eigenvalue weighted by molar-refractivity contribution is 0.00539. The Morgan fingerprint density at radius 3 is 2.33 bits per heavy atom. The van der Waals surface area contributed by atoms with Crippen molar-refractivity contribution in [2.45, 2.75) is 46.6 Å². The monoisotopic (exact) mass is 350 g/mol. The summed E-state index contributed by atoms with van der Waals surface area (Å²) < 4.78 is 29.8. The van der Waals surface area contributed by atoms with Crippen molar-refractivity contribution in [3.63, 3.8) is 0 Å². The Labute approximate surface area is 140 Å². The summed E-state index contributed by atoms with van der Waals surface area (Å²) in [6.45, 7) is 6.20. The van der Waals surface area contributed by atoms with Gasteiger partial charge in [-0.1, -0.05) is 0 Å². The maximum Gasteiger partial charge on any atom is 0.333 e. The third kappa shape index (κ3) is 7.82. The van der Waals surface area contributed by atoms with Gasteiger partial charge in [-0.15, -0.1) is 0 Å². The third-order valence-electron chi connectivity index (χ3n) is 3.09. The van der Waals surface area contributed by atoms with E-state index in [-0.39, 0.29) is 26.2 Å². The van der Waals surface area contributed by atoms with Crippen LogP contribution in [-0.4, -0.2) is 47.5 Å². The number of aliphatic hydroxyl groups is 1. The molecular formula is C15H27FN2O6. The van der Waals surface area contributed by atoms with E-state index in [1.807, 2.05) is 13.8 Å². The molecule has 24 heavy (non-hydrogen) atoms. The zero-order valence-electron chi connectivity index (χ0n) is 14.7. The predicted octanol–water partition coefficient (Wildman–Crippen LogP) is 0.541. The van der Waals surface area contributed by atoms with E-state index in [0.29, 0.717) is 19.6 Å². The number of aromatic nitrogens is 2. The van der Waals surface area contributed by atoms with Crippen LogP contribution in [0.4, 0.5) is 4.39 Å². The average Bonchev–Trinajstić information content (AvgIpc) is 2.58. The van der Waals surface area contributed by atoms with E-state index in [0.717, 1.165) is 15.3 Å². The minimum Gasteiger partial charge on any atom is -0.382 e. The molecule has 1 atom stereocenters. The molecule has 140 valence electrons. The number of aryl methyl sites for hydroxylation is 1. The summed E-state index contributed by atoms with van der Waals surface area (Å²) in [5.74, 6) is -0.968. The van der Waals surface area contributed by atoms with Crippen LogP contribution in [-0.2, 0) is 27.5 Å². The molecule has 9 heteroatoms. The van der Waals surface area contributed by atoms with Crippen LogP contribution in [0.3, 0.4) is 0 Å². The molecule has 0 fully saturated rings. The van der Waals surface area contributed by atoms with Crippen LogP contribution in [0.15, 0.2) is 15.8 Å². The molecule has 0 amide bonds. The quantitative estimate of drug-likeness (QED) is 0.654. The van der Waals surface area contributed by atoms with Crippen LogP contribution in [0.5, 0.6) is 0 Å². The smallest absolute Gasteiger partial charge is 0.333 e. The van der Waals surface area contributed by atoms with Crippen LogP contribution in [0, 0.1) is 5.82 Å². The molecule has 1 unspecified atom stereocenters. The molecule has 1 heterocycles. The minimum absolute atomic E-state index is 0.0535. The van der Waals surface area contributed by atoms with Crippen molar-refractivity contribution in [1.29, 1.82) is 0 Å². The van der Waals surface area contributed by atoms with Crippen LogP contribution < -0.4 is 11.2 Å². The molecule has 0 aliphatic rings. The Balaban J connectivity index is 0.000000922. The second-order valence-corrected chi connectivity index (χ2v) is 4.76. The standard InChI is InChI=1S/C12H19FN2O4.C3H8O2/c1-4-19-8-15-11(16)10(13)7-14(12(15)17)6-5-9(2)18-3;1-2-5-3-4/h7,9H,4-6,8H2,1-3H3;4H,2-3H2,1H3. The second-order valence-electron chi connectivity index (χ2n) is 4.76. The van der Waals surface area contributed by atoms with E-state index in [9.17, 15) is 14.0 Å². The molecule has 1 aromatic heterocycles. The number of ether oxygens (including phenoxy) is 3. The van der Waals surface area contributed by atoms with Crippen LogP contribution >= 0.6 is 0 Å². The normalized spacial score (nSPS) is 11.8. The SMILES string of the molecule is CCOCO.CCOCn1c(=O)c(F)cn(CCC(C)OC)c1=O. The Morgan fingerprint density at radius 1 is 1.25 bits per heavy atom. The van der Waals surface area contributed by atoms with Crippen molar-refractivity contribution in [2.75, 3.05) is 27.1 Å². The maximum absolute atomic E-state index is 13.5. The molecule has 8 nitrogen and oxygen atoms in total. The molecule has 1 N–H and O–H groups in total. The summed E-state index contributed by atoms with van der Waals surface area (Å²) in [6, 6.07) is 0. The van der Waals surface area contributed by atoms with Gasteiger partial charge >= 0.3 is 5.69 Å². The lowest BCUT2D eigenvalue weighted by Crippen LogP contribution is -2.42. The van der Waals surface area contributed by atoms with E-state index >= 15 is 0 Å². The number of aliphatic hydroxyl groups excluding tert-OH is 1. The molecule has 0 spiro atoms. The fourth-order valence-corrected chi connectivity index (χ4v) is 1.60. The van der Waals surface area contributed by atoms with E-state index in [1.165, 1.54) is 0 Å². The van der Waals surface area contributed by atoms with E-state index in [2.05, 4.69) is 4.74 Å². The van der Waals surface area contributed by atoms with Crippen molar-refractivity contribution in [1.82, 2.24) is 9.13 Å². The maximum atomic E-state index is 13.5. The lowest BCUT2D eigenvalue weighted by Gasteiger charge is -2.13. The number of halogens is 1. The molecule has 0 saturated heterocycles. The van der Waals surface area contributed by atoms with Crippen molar-refractivity contribution < 1.29 is 23.7 Å². The van der Waals surface area contributed by atoms with Gasteiger partial charge in [0.15, 0.2) is 0 Å². The van der Waals surface area contributed by atoms with Crippen molar-refractivity contribution >= 4 is 0 Å². The highest BCUT2D eigenvalue weighted by Gasteiger charge is 2.11. The molecule has 0 aliphatic carbocycles. The van der Waals surface area contributed by atoms with Crippen LogP contribution in [0.25, 0.3) is 0 Å². The van der Waals surface area contributed by atoms with Crippen molar-refractivity contribution in [2.24, 2.45) is 0 Å². The van der Waals surface area contributed by atoms with Gasteiger partial charge in [0.1, 0.15) is 13.5 Å². The minimum atomic E-state index is -0.968. The van der Waals surface area contributed by atoms with Crippen molar-refractivity contribution in [3.8, 4) is 0 Å². The van der Waals surface area contributed by atoms with Gasteiger partial charge in [-0.2, -0.15) is 4.39 Å². The molecule has 0 aliphatic heterocycles. The van der Waals surface area contributed by atoms with Gasteiger partial charge in [0.2, 0.25) is 5.82 Å². The highest BCUT2D eigenvalue weighted by Crippen LogP contribution is 1.98. The first-order valence-electron chi connectivity index (χ1n) is 7.71. The van der Waals surface area contributed by atoms with Gasteiger partial charge in [-0.25, -0.2) is 9.36 Å². The highest BCUT2D eigenvalue weighted by atomic mass is 19.1. The Kier molecular flexibility index (Phi) is 12.0. The van der Waals surface area contributed by atoms with Crippen LogP contribution in [0.1, 0.15) is 27.2 Å². The summed E-state index contributed by atoms with van der Waals surface area (Å²) >= 11 is 0. The van der Waals surface area contributed by atoms with Gasteiger partial charge in [-0.3, -0.25) is 9.36 Å². The first-order valence-corrected chi connectivity index (χ1v) is 7.71. The number of rotatable bonds is 9. The van der Waals surface area contributed by atoms with Gasteiger partial charge in [0, 0.05) is 26.9 Å².